The van der Waals surface area contributed by atoms with Crippen LogP contribution in [-0.2, 0) is 19.1 Å². The molecule has 9 heteroatoms. The molecule has 0 aromatic heterocycles. The van der Waals surface area contributed by atoms with Gasteiger partial charge in [-0.2, -0.15) is 5.26 Å². The summed E-state index contributed by atoms with van der Waals surface area (Å²) in [6.07, 6.45) is -4.22. The lowest BCUT2D eigenvalue weighted by atomic mass is 10.2. The number of rotatable bonds is 1. The lowest BCUT2D eigenvalue weighted by Crippen LogP contribution is -2.25. The minimum atomic E-state index is -1.83. The Kier molecular flexibility index (Phi) is 9.12. The molecule has 0 aliphatic rings. The average molecular weight is 282 g/mol. The number of carbonyl (C=O) groups excluding carboxylic acids is 2. The minimum absolute atomic E-state index is 0.121. The Balaban J connectivity index is 0. The van der Waals surface area contributed by atoms with Crippen LogP contribution in [0.4, 0.5) is 14.4 Å². The Bertz CT molecular complexity index is 303. The highest BCUT2D eigenvalue weighted by Gasteiger charge is 2.17. The van der Waals surface area contributed by atoms with Crippen molar-refractivity contribution in [1.29, 1.82) is 0 Å². The highest BCUT2D eigenvalue weighted by molar-refractivity contribution is 5.75. The molecule has 0 aliphatic heterocycles. The van der Waals surface area contributed by atoms with Gasteiger partial charge in [-0.15, -0.1) is 0 Å². The number of hydrogen-bond donors (Lipinski definition) is 2. The molecule has 0 rings (SSSR count). The van der Waals surface area contributed by atoms with Crippen LogP contribution < -0.4 is 0 Å². The predicted molar refractivity (Wildman–Crippen MR) is 60.7 cm³/mol. The van der Waals surface area contributed by atoms with Gasteiger partial charge in [-0.05, 0) is 34.6 Å². The van der Waals surface area contributed by atoms with Gasteiger partial charge in [0, 0.05) is 0 Å². The Hall–Kier alpha value is -2.03. The molecule has 112 valence electrons. The second-order valence-corrected chi connectivity index (χ2v) is 4.34. The van der Waals surface area contributed by atoms with E-state index in [-0.39, 0.29) is 6.10 Å². The molecule has 2 N–H and O–H groups in total. The van der Waals surface area contributed by atoms with Crippen LogP contribution in [0.2, 0.25) is 0 Å². The summed E-state index contributed by atoms with van der Waals surface area (Å²) < 4.78 is 12.9. The SMILES string of the molecule is CC(C)OC(=O)OC(C)(C)C.O=C(O)OC(=O)OO. The lowest BCUT2D eigenvalue weighted by Gasteiger charge is -2.19. The lowest BCUT2D eigenvalue weighted by molar-refractivity contribution is -0.195. The van der Waals surface area contributed by atoms with Gasteiger partial charge >= 0.3 is 18.5 Å². The second-order valence-electron chi connectivity index (χ2n) is 4.34. The molecule has 0 saturated heterocycles. The third-order valence-electron chi connectivity index (χ3n) is 0.967. The summed E-state index contributed by atoms with van der Waals surface area (Å²) in [7, 11) is 0. The zero-order chi connectivity index (χ0) is 15.6. The first-order valence-corrected chi connectivity index (χ1v) is 5.13. The van der Waals surface area contributed by atoms with Crippen molar-refractivity contribution in [3.63, 3.8) is 0 Å². The Morgan fingerprint density at radius 1 is 1.05 bits per heavy atom. The van der Waals surface area contributed by atoms with Gasteiger partial charge in [0.05, 0.1) is 6.10 Å². The maximum Gasteiger partial charge on any atom is 0.550 e. The van der Waals surface area contributed by atoms with Gasteiger partial charge in [0.25, 0.3) is 0 Å². The topological polar surface area (TPSA) is 129 Å². The van der Waals surface area contributed by atoms with Crippen LogP contribution in [0, 0.1) is 0 Å². The quantitative estimate of drug-likeness (QED) is 0.322. The monoisotopic (exact) mass is 282 g/mol. The average Bonchev–Trinajstić information content (AvgIpc) is 2.12. The molecule has 0 heterocycles. The van der Waals surface area contributed by atoms with Crippen LogP contribution in [0.25, 0.3) is 0 Å². The summed E-state index contributed by atoms with van der Waals surface area (Å²) in [6, 6.07) is 0. The van der Waals surface area contributed by atoms with Crippen molar-refractivity contribution in [3.8, 4) is 0 Å². The van der Waals surface area contributed by atoms with Crippen LogP contribution in [0.15, 0.2) is 0 Å². The molecule has 0 bridgehead atoms. The molecule has 9 nitrogen and oxygen atoms in total. The predicted octanol–water partition coefficient (Wildman–Crippen LogP) is 2.64. The maximum atomic E-state index is 10.8. The molecular weight excluding hydrogens is 264 g/mol. The molecule has 0 spiro atoms. The maximum absolute atomic E-state index is 10.8. The number of carbonyl (C=O) groups is 3. The van der Waals surface area contributed by atoms with E-state index >= 15 is 0 Å². The Morgan fingerprint density at radius 3 is 1.74 bits per heavy atom. The molecule has 0 aromatic carbocycles. The van der Waals surface area contributed by atoms with E-state index in [4.69, 9.17) is 19.8 Å². The zero-order valence-electron chi connectivity index (χ0n) is 11.3. The fraction of sp³-hybridized carbons (Fsp3) is 0.700. The summed E-state index contributed by atoms with van der Waals surface area (Å²) in [6.45, 7) is 8.96. The molecule has 0 aromatic rings. The summed E-state index contributed by atoms with van der Waals surface area (Å²) in [4.78, 5) is 32.5. The normalized spacial score (nSPS) is 9.84. The third kappa shape index (κ3) is 18.5. The molecule has 0 fully saturated rings. The van der Waals surface area contributed by atoms with Crippen molar-refractivity contribution >= 4 is 18.5 Å². The molecule has 0 amide bonds. The molecular formula is C10H18O9. The molecule has 0 saturated carbocycles. The van der Waals surface area contributed by atoms with E-state index < -0.39 is 24.1 Å². The van der Waals surface area contributed by atoms with E-state index in [1.165, 1.54) is 0 Å². The van der Waals surface area contributed by atoms with Gasteiger partial charge in [0.1, 0.15) is 5.60 Å². The smallest absolute Gasteiger partial charge is 0.449 e. The molecule has 0 aliphatic carbocycles. The van der Waals surface area contributed by atoms with Crippen LogP contribution >= 0.6 is 0 Å². The Morgan fingerprint density at radius 2 is 1.53 bits per heavy atom. The Labute approximate surface area is 109 Å². The molecule has 0 unspecified atom stereocenters. The third-order valence-corrected chi connectivity index (χ3v) is 0.967. The molecule has 19 heavy (non-hydrogen) atoms. The van der Waals surface area contributed by atoms with E-state index in [2.05, 4.69) is 9.62 Å². The van der Waals surface area contributed by atoms with Gasteiger partial charge in [-0.25, -0.2) is 14.4 Å². The zero-order valence-corrected chi connectivity index (χ0v) is 11.3. The summed E-state index contributed by atoms with van der Waals surface area (Å²) >= 11 is 0. The number of carboxylic acid groups (broad SMARTS) is 1. The fourth-order valence-electron chi connectivity index (χ4n) is 0.556. The standard InChI is InChI=1S/C8H16O3.C2H2O6/c1-6(2)10-7(9)11-8(3,4)5;3-1(4)7-2(5)8-6/h6H,1-5H3;6H,(H,3,4). The van der Waals surface area contributed by atoms with Gasteiger partial charge in [0.2, 0.25) is 0 Å². The van der Waals surface area contributed by atoms with Crippen molar-refractivity contribution in [2.75, 3.05) is 0 Å². The van der Waals surface area contributed by atoms with Gasteiger partial charge in [-0.3, -0.25) is 4.89 Å². The minimum Gasteiger partial charge on any atom is -0.449 e. The van der Waals surface area contributed by atoms with Gasteiger partial charge < -0.3 is 19.3 Å². The van der Waals surface area contributed by atoms with E-state index in [0.29, 0.717) is 0 Å². The summed E-state index contributed by atoms with van der Waals surface area (Å²) in [5.74, 6) is 0. The van der Waals surface area contributed by atoms with Crippen molar-refractivity contribution in [2.45, 2.75) is 46.3 Å². The van der Waals surface area contributed by atoms with E-state index in [0.717, 1.165) is 0 Å². The number of hydrogen-bond acceptors (Lipinski definition) is 8. The molecule has 0 radical (unpaired) electrons. The summed E-state index contributed by atoms with van der Waals surface area (Å²) in [5, 5.41) is 14.9. The number of ether oxygens (including phenoxy) is 3. The van der Waals surface area contributed by atoms with Crippen LogP contribution in [0.5, 0.6) is 0 Å². The van der Waals surface area contributed by atoms with Crippen LogP contribution in [0.3, 0.4) is 0 Å². The molecule has 0 atom stereocenters. The largest absolute Gasteiger partial charge is 0.550 e. The van der Waals surface area contributed by atoms with Crippen molar-refractivity contribution in [3.05, 3.63) is 0 Å². The first-order chi connectivity index (χ1) is 8.47. The van der Waals surface area contributed by atoms with Crippen molar-refractivity contribution < 1.29 is 43.8 Å². The van der Waals surface area contributed by atoms with Gasteiger partial charge in [0.15, 0.2) is 0 Å². The van der Waals surface area contributed by atoms with Gasteiger partial charge in [-0.1, -0.05) is 0 Å². The van der Waals surface area contributed by atoms with Crippen molar-refractivity contribution in [2.24, 2.45) is 0 Å². The van der Waals surface area contributed by atoms with Crippen LogP contribution in [-0.4, -0.2) is 40.5 Å². The highest BCUT2D eigenvalue weighted by atomic mass is 17.2. The fourth-order valence-corrected chi connectivity index (χ4v) is 0.556. The van der Waals surface area contributed by atoms with E-state index in [1.54, 1.807) is 34.6 Å². The van der Waals surface area contributed by atoms with Crippen molar-refractivity contribution in [1.82, 2.24) is 0 Å². The highest BCUT2D eigenvalue weighted by Crippen LogP contribution is 2.08. The van der Waals surface area contributed by atoms with E-state index in [1.807, 2.05) is 0 Å². The first kappa shape index (κ1) is 19.3. The van der Waals surface area contributed by atoms with E-state index in [9.17, 15) is 14.4 Å². The van der Waals surface area contributed by atoms with Crippen LogP contribution in [0.1, 0.15) is 34.6 Å². The summed E-state index contributed by atoms with van der Waals surface area (Å²) in [5.41, 5.74) is -0.466. The second kappa shape index (κ2) is 8.97. The first-order valence-electron chi connectivity index (χ1n) is 5.13.